The van der Waals surface area contributed by atoms with Gasteiger partial charge in [-0.2, -0.15) is 0 Å². The van der Waals surface area contributed by atoms with Crippen LogP contribution in [0.4, 0.5) is 0 Å². The Morgan fingerprint density at radius 3 is 2.37 bits per heavy atom. The third kappa shape index (κ3) is 1.95. The predicted molar refractivity (Wildman–Crippen MR) is 72.3 cm³/mol. The molecule has 0 unspecified atom stereocenters. The largest absolute Gasteiger partial charge is 0.496 e. The first-order chi connectivity index (χ1) is 8.78. The smallest absolute Gasteiger partial charge is 0.423 e. The van der Waals surface area contributed by atoms with Crippen molar-refractivity contribution in [2.45, 2.75) is 45.8 Å². The maximum absolute atomic E-state index is 5.99. The summed E-state index contributed by atoms with van der Waals surface area (Å²) in [6, 6.07) is 1.90. The third-order valence-corrected chi connectivity index (χ3v) is 3.90. The van der Waals surface area contributed by atoms with Crippen LogP contribution in [0, 0.1) is 6.92 Å². The fourth-order valence-electron chi connectivity index (χ4n) is 2.06. The number of rotatable bonds is 1. The highest BCUT2D eigenvalue weighted by molar-refractivity contribution is 6.62. The SMILES string of the molecule is Cc1nc2cc(B3OC(C)(C)C(C)(C)O3)cnc2o1. The Balaban J connectivity index is 1.97. The van der Waals surface area contributed by atoms with E-state index < -0.39 is 7.12 Å². The van der Waals surface area contributed by atoms with E-state index in [-0.39, 0.29) is 11.2 Å². The monoisotopic (exact) mass is 260 g/mol. The van der Waals surface area contributed by atoms with E-state index in [2.05, 4.69) is 9.97 Å². The molecule has 0 radical (unpaired) electrons. The normalized spacial score (nSPS) is 21.2. The molecule has 5 nitrogen and oxygen atoms in total. The van der Waals surface area contributed by atoms with Crippen molar-refractivity contribution in [3.05, 3.63) is 18.2 Å². The lowest BCUT2D eigenvalue weighted by molar-refractivity contribution is 0.00578. The maximum Gasteiger partial charge on any atom is 0.496 e. The van der Waals surface area contributed by atoms with Crippen LogP contribution in [0.2, 0.25) is 0 Å². The second-order valence-electron chi connectivity index (χ2n) is 5.91. The zero-order valence-electron chi connectivity index (χ0n) is 11.9. The van der Waals surface area contributed by atoms with E-state index in [1.807, 2.05) is 33.8 Å². The van der Waals surface area contributed by atoms with Gasteiger partial charge in [0.05, 0.1) is 11.2 Å². The lowest BCUT2D eigenvalue weighted by Crippen LogP contribution is -2.41. The van der Waals surface area contributed by atoms with Crippen LogP contribution in [-0.4, -0.2) is 28.3 Å². The second-order valence-corrected chi connectivity index (χ2v) is 5.91. The average molecular weight is 260 g/mol. The summed E-state index contributed by atoms with van der Waals surface area (Å²) in [5.74, 6) is 0.605. The number of hydrogen-bond acceptors (Lipinski definition) is 5. The number of aryl methyl sites for hydroxylation is 1. The first-order valence-electron chi connectivity index (χ1n) is 6.37. The van der Waals surface area contributed by atoms with E-state index in [1.54, 1.807) is 13.1 Å². The first kappa shape index (κ1) is 12.6. The summed E-state index contributed by atoms with van der Waals surface area (Å²) in [6.45, 7) is 9.91. The summed E-state index contributed by atoms with van der Waals surface area (Å²) in [7, 11) is -0.418. The second kappa shape index (κ2) is 3.80. The van der Waals surface area contributed by atoms with Crippen LogP contribution in [0.3, 0.4) is 0 Å². The number of pyridine rings is 1. The van der Waals surface area contributed by atoms with Gasteiger partial charge < -0.3 is 13.7 Å². The number of oxazole rings is 1. The van der Waals surface area contributed by atoms with Crippen molar-refractivity contribution < 1.29 is 13.7 Å². The fraction of sp³-hybridized carbons (Fsp3) is 0.538. The lowest BCUT2D eigenvalue weighted by atomic mass is 9.80. The predicted octanol–water partition coefficient (Wildman–Crippen LogP) is 1.83. The first-order valence-corrected chi connectivity index (χ1v) is 6.37. The van der Waals surface area contributed by atoms with Crippen LogP contribution in [0.5, 0.6) is 0 Å². The molecule has 0 aromatic carbocycles. The van der Waals surface area contributed by atoms with Crippen molar-refractivity contribution in [2.24, 2.45) is 0 Å². The highest BCUT2D eigenvalue weighted by Gasteiger charge is 2.51. The number of fused-ring (bicyclic) bond motifs is 1. The van der Waals surface area contributed by atoms with E-state index in [0.29, 0.717) is 11.6 Å². The number of aromatic nitrogens is 2. The molecule has 0 amide bonds. The molecule has 2 aromatic heterocycles. The minimum absolute atomic E-state index is 0.355. The third-order valence-electron chi connectivity index (χ3n) is 3.90. The van der Waals surface area contributed by atoms with Gasteiger partial charge in [0.1, 0.15) is 5.52 Å². The molecule has 3 heterocycles. The Morgan fingerprint density at radius 2 is 1.74 bits per heavy atom. The van der Waals surface area contributed by atoms with Gasteiger partial charge in [-0.15, -0.1) is 0 Å². The van der Waals surface area contributed by atoms with Gasteiger partial charge >= 0.3 is 7.12 Å². The summed E-state index contributed by atoms with van der Waals surface area (Å²) in [6.07, 6.45) is 1.72. The van der Waals surface area contributed by atoms with E-state index >= 15 is 0 Å². The number of hydrogen-bond donors (Lipinski definition) is 0. The molecule has 0 saturated carbocycles. The molecule has 1 aliphatic rings. The quantitative estimate of drug-likeness (QED) is 0.732. The fourth-order valence-corrected chi connectivity index (χ4v) is 2.06. The molecule has 0 bridgehead atoms. The molecule has 0 N–H and O–H groups in total. The molecule has 1 aliphatic heterocycles. The minimum Gasteiger partial charge on any atom is -0.423 e. The standard InChI is InChI=1S/C13H17BN2O3/c1-8-16-10-6-9(7-15-11(10)17-8)14-18-12(2,3)13(4,5)19-14/h6-7H,1-5H3. The molecular formula is C13H17BN2O3. The molecule has 0 atom stereocenters. The van der Waals surface area contributed by atoms with Crippen LogP contribution in [0.15, 0.2) is 16.7 Å². The van der Waals surface area contributed by atoms with Crippen LogP contribution in [0.1, 0.15) is 33.6 Å². The van der Waals surface area contributed by atoms with Gasteiger partial charge in [0.2, 0.25) is 5.71 Å². The molecular weight excluding hydrogens is 243 g/mol. The van der Waals surface area contributed by atoms with Crippen molar-refractivity contribution in [1.82, 2.24) is 9.97 Å². The van der Waals surface area contributed by atoms with E-state index in [4.69, 9.17) is 13.7 Å². The Morgan fingerprint density at radius 1 is 1.11 bits per heavy atom. The summed E-state index contributed by atoms with van der Waals surface area (Å²) in [5.41, 5.74) is 1.42. The van der Waals surface area contributed by atoms with E-state index in [1.165, 1.54) is 0 Å². The maximum atomic E-state index is 5.99. The molecule has 3 rings (SSSR count). The zero-order chi connectivity index (χ0) is 13.8. The van der Waals surface area contributed by atoms with Gasteiger partial charge in [-0.05, 0) is 33.8 Å². The number of nitrogens with zero attached hydrogens (tertiary/aromatic N) is 2. The Kier molecular flexibility index (Phi) is 2.53. The summed E-state index contributed by atoms with van der Waals surface area (Å²) in [5, 5.41) is 0. The highest BCUT2D eigenvalue weighted by Crippen LogP contribution is 2.36. The summed E-state index contributed by atoms with van der Waals surface area (Å²) >= 11 is 0. The highest BCUT2D eigenvalue weighted by atomic mass is 16.7. The van der Waals surface area contributed by atoms with Crippen LogP contribution in [0.25, 0.3) is 11.2 Å². The zero-order valence-corrected chi connectivity index (χ0v) is 11.9. The van der Waals surface area contributed by atoms with Crippen LogP contribution >= 0.6 is 0 Å². The molecule has 1 fully saturated rings. The van der Waals surface area contributed by atoms with Crippen LogP contribution in [-0.2, 0) is 9.31 Å². The van der Waals surface area contributed by atoms with Gasteiger partial charge in [-0.3, -0.25) is 0 Å². The molecule has 0 aliphatic carbocycles. The molecule has 6 heteroatoms. The summed E-state index contributed by atoms with van der Waals surface area (Å²) in [4.78, 5) is 8.53. The van der Waals surface area contributed by atoms with Gasteiger partial charge in [0, 0.05) is 18.6 Å². The van der Waals surface area contributed by atoms with Crippen molar-refractivity contribution in [2.75, 3.05) is 0 Å². The van der Waals surface area contributed by atoms with E-state index in [9.17, 15) is 0 Å². The van der Waals surface area contributed by atoms with Crippen molar-refractivity contribution in [3.8, 4) is 0 Å². The average Bonchev–Trinajstić information content (AvgIpc) is 2.74. The van der Waals surface area contributed by atoms with Crippen molar-refractivity contribution in [1.29, 1.82) is 0 Å². The summed E-state index contributed by atoms with van der Waals surface area (Å²) < 4.78 is 17.3. The molecule has 1 saturated heterocycles. The minimum atomic E-state index is -0.418. The van der Waals surface area contributed by atoms with E-state index in [0.717, 1.165) is 11.0 Å². The van der Waals surface area contributed by atoms with Gasteiger partial charge in [-0.25, -0.2) is 9.97 Å². The molecule has 19 heavy (non-hydrogen) atoms. The topological polar surface area (TPSA) is 57.4 Å². The van der Waals surface area contributed by atoms with Gasteiger partial charge in [0.15, 0.2) is 5.89 Å². The van der Waals surface area contributed by atoms with Crippen LogP contribution < -0.4 is 5.46 Å². The Hall–Kier alpha value is -1.40. The van der Waals surface area contributed by atoms with Gasteiger partial charge in [-0.1, -0.05) is 0 Å². The molecule has 0 spiro atoms. The van der Waals surface area contributed by atoms with Gasteiger partial charge in [0.25, 0.3) is 0 Å². The molecule has 2 aromatic rings. The Bertz CT molecular complexity index is 620. The molecule has 100 valence electrons. The lowest BCUT2D eigenvalue weighted by Gasteiger charge is -2.32. The van der Waals surface area contributed by atoms with Crippen molar-refractivity contribution >= 4 is 23.8 Å². The Labute approximate surface area is 112 Å². The van der Waals surface area contributed by atoms with Crippen molar-refractivity contribution in [3.63, 3.8) is 0 Å².